The molecule has 0 aliphatic heterocycles. The molecule has 5 fully saturated rings. The van der Waals surface area contributed by atoms with Gasteiger partial charge in [0, 0.05) is 12.3 Å². The number of hydrogen-bond acceptors (Lipinski definition) is 2. The van der Waals surface area contributed by atoms with Gasteiger partial charge in [0.2, 0.25) is 0 Å². The van der Waals surface area contributed by atoms with E-state index in [0.29, 0.717) is 27.6 Å². The monoisotopic (exact) mass is 468 g/mol. The van der Waals surface area contributed by atoms with Crippen molar-refractivity contribution >= 4 is 5.97 Å². The molecule has 5 aliphatic rings. The van der Waals surface area contributed by atoms with Crippen molar-refractivity contribution in [3.63, 3.8) is 0 Å². The largest absolute Gasteiger partial charge is 0.462 e. The SMILES string of the molecule is C=C(C)[C@@H]1CC[C@@]2(C)CC[C@]3(C)[C@@H](CC[C@@H]4[C@]5(C)CC[C@H](OC(C)=O)C(C)(C)[C@@H]5CC[C@@]43C)[C@H]12. The Morgan fingerprint density at radius 3 is 2.12 bits per heavy atom. The standard InChI is InChI=1S/C32H52O2/c1-20(2)22-12-15-29(6)18-19-31(8)23(27(22)29)10-11-25-30(7)16-14-26(34-21(3)33)28(4,5)24(30)13-17-32(25,31)9/h22-27H,1,10-19H2,2-9H3/t22-,23-,24-,25+,26-,27-,29-,30+,31+,32-/m0/s1. The fraction of sp³-hybridized carbons (Fsp3) is 0.906. The van der Waals surface area contributed by atoms with E-state index in [0.717, 1.165) is 30.1 Å². The Morgan fingerprint density at radius 2 is 1.47 bits per heavy atom. The van der Waals surface area contributed by atoms with E-state index < -0.39 is 0 Å². The predicted octanol–water partition coefficient (Wildman–Crippen LogP) is 8.60. The highest BCUT2D eigenvalue weighted by atomic mass is 16.5. The van der Waals surface area contributed by atoms with Crippen molar-refractivity contribution in [1.29, 1.82) is 0 Å². The zero-order valence-electron chi connectivity index (χ0n) is 23.6. The summed E-state index contributed by atoms with van der Waals surface area (Å²) in [4.78, 5) is 11.9. The van der Waals surface area contributed by atoms with Crippen molar-refractivity contribution in [3.8, 4) is 0 Å². The molecule has 0 unspecified atom stereocenters. The number of rotatable bonds is 2. The second-order valence-corrected chi connectivity index (χ2v) is 15.3. The highest BCUT2D eigenvalue weighted by Gasteiger charge is 2.70. The molecule has 0 N–H and O–H groups in total. The molecule has 0 aromatic heterocycles. The molecule has 0 amide bonds. The zero-order valence-corrected chi connectivity index (χ0v) is 23.6. The van der Waals surface area contributed by atoms with Crippen molar-refractivity contribution < 1.29 is 9.53 Å². The van der Waals surface area contributed by atoms with Gasteiger partial charge >= 0.3 is 5.97 Å². The number of carbonyl (C=O) groups excluding carboxylic acids is 1. The highest BCUT2D eigenvalue weighted by molar-refractivity contribution is 5.66. The molecule has 10 atom stereocenters. The van der Waals surface area contributed by atoms with E-state index in [1.807, 2.05) is 0 Å². The third-order valence-electron chi connectivity index (χ3n) is 13.7. The quantitative estimate of drug-likeness (QED) is 0.299. The Hall–Kier alpha value is -0.790. The first-order valence-electron chi connectivity index (χ1n) is 14.5. The summed E-state index contributed by atoms with van der Waals surface area (Å²) in [6.45, 7) is 23.9. The molecular weight excluding hydrogens is 416 g/mol. The Kier molecular flexibility index (Phi) is 5.57. The van der Waals surface area contributed by atoms with E-state index in [2.05, 4.69) is 55.0 Å². The van der Waals surface area contributed by atoms with Gasteiger partial charge in [-0.1, -0.05) is 53.7 Å². The summed E-state index contributed by atoms with van der Waals surface area (Å²) in [6.07, 6.45) is 13.4. The first-order chi connectivity index (χ1) is 15.7. The molecule has 34 heavy (non-hydrogen) atoms. The maximum atomic E-state index is 11.9. The van der Waals surface area contributed by atoms with E-state index in [-0.39, 0.29) is 17.5 Å². The van der Waals surface area contributed by atoms with Crippen molar-refractivity contribution in [3.05, 3.63) is 12.2 Å². The number of carbonyl (C=O) groups is 1. The van der Waals surface area contributed by atoms with Crippen molar-refractivity contribution in [2.24, 2.45) is 56.7 Å². The minimum Gasteiger partial charge on any atom is -0.462 e. The van der Waals surface area contributed by atoms with Crippen molar-refractivity contribution in [1.82, 2.24) is 0 Å². The van der Waals surface area contributed by atoms with Crippen LogP contribution in [0.1, 0.15) is 120 Å². The van der Waals surface area contributed by atoms with Gasteiger partial charge < -0.3 is 4.74 Å². The summed E-state index contributed by atoms with van der Waals surface area (Å²) in [5, 5.41) is 0. The zero-order chi connectivity index (χ0) is 24.9. The van der Waals surface area contributed by atoms with Gasteiger partial charge in [0.25, 0.3) is 0 Å². The molecule has 0 bridgehead atoms. The highest BCUT2D eigenvalue weighted by Crippen LogP contribution is 2.77. The molecule has 0 heterocycles. The Morgan fingerprint density at radius 1 is 0.765 bits per heavy atom. The smallest absolute Gasteiger partial charge is 0.302 e. The molecule has 0 radical (unpaired) electrons. The van der Waals surface area contributed by atoms with E-state index in [9.17, 15) is 4.79 Å². The average Bonchev–Trinajstić information content (AvgIpc) is 3.08. The Balaban J connectivity index is 1.50. The fourth-order valence-corrected chi connectivity index (χ4v) is 11.9. The third-order valence-corrected chi connectivity index (χ3v) is 13.7. The number of fused-ring (bicyclic) bond motifs is 7. The first kappa shape index (κ1) is 24.9. The molecule has 5 saturated carbocycles. The van der Waals surface area contributed by atoms with Gasteiger partial charge in [0.05, 0.1) is 0 Å². The van der Waals surface area contributed by atoms with Crippen LogP contribution in [0.2, 0.25) is 0 Å². The van der Waals surface area contributed by atoms with Gasteiger partial charge in [-0.3, -0.25) is 4.79 Å². The maximum absolute atomic E-state index is 11.9. The van der Waals surface area contributed by atoms with Crippen LogP contribution in [0, 0.1) is 56.7 Å². The van der Waals surface area contributed by atoms with Crippen LogP contribution in [0.5, 0.6) is 0 Å². The average molecular weight is 469 g/mol. The molecule has 0 spiro atoms. The van der Waals surface area contributed by atoms with Crippen molar-refractivity contribution in [2.75, 3.05) is 0 Å². The predicted molar refractivity (Wildman–Crippen MR) is 140 cm³/mol. The lowest BCUT2D eigenvalue weighted by molar-refractivity contribution is -0.248. The summed E-state index contributed by atoms with van der Waals surface area (Å²) >= 11 is 0. The first-order valence-corrected chi connectivity index (χ1v) is 14.5. The molecule has 2 heteroatoms. The molecule has 0 aromatic carbocycles. The summed E-state index contributed by atoms with van der Waals surface area (Å²) in [6, 6.07) is 0. The summed E-state index contributed by atoms with van der Waals surface area (Å²) in [7, 11) is 0. The topological polar surface area (TPSA) is 26.3 Å². The van der Waals surface area contributed by atoms with Crippen LogP contribution < -0.4 is 0 Å². The lowest BCUT2D eigenvalue weighted by Crippen LogP contribution is -2.66. The molecule has 0 saturated heterocycles. The van der Waals surface area contributed by atoms with Gasteiger partial charge in [0.1, 0.15) is 6.10 Å². The van der Waals surface area contributed by atoms with Gasteiger partial charge in [0.15, 0.2) is 0 Å². The fourth-order valence-electron chi connectivity index (χ4n) is 11.9. The minimum atomic E-state index is -0.107. The Bertz CT molecular complexity index is 872. The van der Waals surface area contributed by atoms with Gasteiger partial charge in [-0.2, -0.15) is 0 Å². The van der Waals surface area contributed by atoms with Crippen LogP contribution in [0.3, 0.4) is 0 Å². The second-order valence-electron chi connectivity index (χ2n) is 15.3. The van der Waals surface area contributed by atoms with E-state index in [1.54, 1.807) is 6.92 Å². The van der Waals surface area contributed by atoms with E-state index in [1.165, 1.54) is 63.4 Å². The summed E-state index contributed by atoms with van der Waals surface area (Å²) < 4.78 is 5.91. The number of esters is 1. The van der Waals surface area contributed by atoms with Crippen LogP contribution in [0.25, 0.3) is 0 Å². The lowest BCUT2D eigenvalue weighted by atomic mass is 9.32. The minimum absolute atomic E-state index is 0.0550. The summed E-state index contributed by atoms with van der Waals surface area (Å²) in [5.41, 5.74) is 3.23. The summed E-state index contributed by atoms with van der Waals surface area (Å²) in [5.74, 6) is 3.74. The Labute approximate surface area is 210 Å². The van der Waals surface area contributed by atoms with Crippen LogP contribution >= 0.6 is 0 Å². The lowest BCUT2D eigenvalue weighted by Gasteiger charge is -2.73. The number of hydrogen-bond donors (Lipinski definition) is 0. The van der Waals surface area contributed by atoms with E-state index >= 15 is 0 Å². The normalized spacial score (nSPS) is 53.6. The molecule has 5 rings (SSSR count). The molecule has 2 nitrogen and oxygen atoms in total. The molecule has 5 aliphatic carbocycles. The number of ether oxygens (including phenoxy) is 1. The van der Waals surface area contributed by atoms with Crippen LogP contribution in [0.4, 0.5) is 0 Å². The van der Waals surface area contributed by atoms with Crippen molar-refractivity contribution in [2.45, 2.75) is 126 Å². The van der Waals surface area contributed by atoms with Gasteiger partial charge in [-0.05, 0) is 122 Å². The van der Waals surface area contributed by atoms with Gasteiger partial charge in [-0.25, -0.2) is 0 Å². The molecular formula is C32H52O2. The second kappa shape index (κ2) is 7.61. The van der Waals surface area contributed by atoms with Crippen LogP contribution in [-0.4, -0.2) is 12.1 Å². The van der Waals surface area contributed by atoms with Crippen LogP contribution in [0.15, 0.2) is 12.2 Å². The number of allylic oxidation sites excluding steroid dienone is 1. The van der Waals surface area contributed by atoms with E-state index in [4.69, 9.17) is 4.74 Å². The van der Waals surface area contributed by atoms with Crippen LogP contribution in [-0.2, 0) is 9.53 Å². The molecule has 192 valence electrons. The maximum Gasteiger partial charge on any atom is 0.302 e. The third kappa shape index (κ3) is 3.08. The van der Waals surface area contributed by atoms with Gasteiger partial charge in [-0.15, -0.1) is 0 Å². The molecule has 0 aromatic rings.